The van der Waals surface area contributed by atoms with E-state index >= 15 is 0 Å². The lowest BCUT2D eigenvalue weighted by molar-refractivity contribution is 0.617. The average molecular weight is 567 g/mol. The maximum Gasteiger partial charge on any atom is 0.227 e. The highest BCUT2D eigenvalue weighted by atomic mass is 16.4. The molecule has 6 aromatic carbocycles. The zero-order valence-corrected chi connectivity index (χ0v) is 23.3. The maximum atomic E-state index is 6.46. The molecule has 0 spiro atoms. The Bertz CT molecular complexity index is 2440. The Balaban J connectivity index is 1.37. The summed E-state index contributed by atoms with van der Waals surface area (Å²) in [5.74, 6) is 2.17. The molecular formula is C38H22N4O2. The van der Waals surface area contributed by atoms with Gasteiger partial charge in [0.1, 0.15) is 16.7 Å². The van der Waals surface area contributed by atoms with Crippen LogP contribution >= 0.6 is 0 Å². The summed E-state index contributed by atoms with van der Waals surface area (Å²) in [6.07, 6.45) is 0. The van der Waals surface area contributed by atoms with Gasteiger partial charge in [0, 0.05) is 33.5 Å². The molecule has 206 valence electrons. The van der Waals surface area contributed by atoms with Crippen LogP contribution in [0, 0.1) is 0 Å². The van der Waals surface area contributed by atoms with Crippen LogP contribution in [0.1, 0.15) is 0 Å². The SMILES string of the molecule is c1ccc(-c2nc(-c3ccccc3)nc(-c3c4nc(-c5ccc6ccccc6c5)oc4cc4oc5ccccc5c34)n2)cc1. The first-order valence-electron chi connectivity index (χ1n) is 14.4. The van der Waals surface area contributed by atoms with Crippen molar-refractivity contribution >= 4 is 43.8 Å². The lowest BCUT2D eigenvalue weighted by Crippen LogP contribution is -2.01. The number of para-hydroxylation sites is 1. The van der Waals surface area contributed by atoms with Crippen molar-refractivity contribution in [1.82, 2.24) is 19.9 Å². The van der Waals surface area contributed by atoms with Gasteiger partial charge in [-0.15, -0.1) is 0 Å². The number of fused-ring (bicyclic) bond motifs is 5. The number of nitrogens with zero attached hydrogens (tertiary/aromatic N) is 4. The maximum absolute atomic E-state index is 6.46. The summed E-state index contributed by atoms with van der Waals surface area (Å²) in [7, 11) is 0. The molecule has 9 rings (SSSR count). The molecule has 0 unspecified atom stereocenters. The third-order valence-corrected chi connectivity index (χ3v) is 7.94. The first kappa shape index (κ1) is 24.5. The van der Waals surface area contributed by atoms with Crippen molar-refractivity contribution in [3.05, 3.63) is 133 Å². The van der Waals surface area contributed by atoms with Gasteiger partial charge in [-0.05, 0) is 29.0 Å². The van der Waals surface area contributed by atoms with E-state index in [1.54, 1.807) is 0 Å². The Morgan fingerprint density at radius 1 is 0.409 bits per heavy atom. The molecule has 0 atom stereocenters. The van der Waals surface area contributed by atoms with Gasteiger partial charge in [0.25, 0.3) is 0 Å². The lowest BCUT2D eigenvalue weighted by Gasteiger charge is -2.09. The summed E-state index contributed by atoms with van der Waals surface area (Å²) in [6.45, 7) is 0. The van der Waals surface area contributed by atoms with E-state index in [1.807, 2.05) is 103 Å². The van der Waals surface area contributed by atoms with E-state index in [9.17, 15) is 0 Å². The van der Waals surface area contributed by atoms with Crippen molar-refractivity contribution in [2.75, 3.05) is 0 Å². The van der Waals surface area contributed by atoms with Crippen molar-refractivity contribution in [3.63, 3.8) is 0 Å². The summed E-state index contributed by atoms with van der Waals surface area (Å²) in [5, 5.41) is 4.11. The second-order valence-corrected chi connectivity index (χ2v) is 10.7. The Hall–Kier alpha value is -6.14. The molecule has 44 heavy (non-hydrogen) atoms. The third kappa shape index (κ3) is 3.96. The highest BCUT2D eigenvalue weighted by Crippen LogP contribution is 2.42. The molecule has 0 radical (unpaired) electrons. The molecule has 6 nitrogen and oxygen atoms in total. The van der Waals surface area contributed by atoms with Crippen molar-refractivity contribution in [2.24, 2.45) is 0 Å². The summed E-state index contributed by atoms with van der Waals surface area (Å²) >= 11 is 0. The van der Waals surface area contributed by atoms with E-state index in [0.29, 0.717) is 40.0 Å². The number of oxazole rings is 1. The van der Waals surface area contributed by atoms with Crippen LogP contribution < -0.4 is 0 Å². The zero-order valence-electron chi connectivity index (χ0n) is 23.3. The Morgan fingerprint density at radius 2 is 1.05 bits per heavy atom. The standard InChI is InChI=1S/C38H22N4O2/c1-3-12-24(13-4-1)35-40-36(25-14-5-2-6-15-25)42-37(41-35)33-32-28-17-9-10-18-29(28)43-30(32)22-31-34(33)39-38(44-31)27-20-19-23-11-7-8-16-26(23)21-27/h1-22H. The van der Waals surface area contributed by atoms with Crippen molar-refractivity contribution in [2.45, 2.75) is 0 Å². The molecule has 0 amide bonds. The second kappa shape index (κ2) is 9.71. The zero-order chi connectivity index (χ0) is 29.0. The van der Waals surface area contributed by atoms with E-state index in [4.69, 9.17) is 28.8 Å². The largest absolute Gasteiger partial charge is 0.456 e. The van der Waals surface area contributed by atoms with Gasteiger partial charge < -0.3 is 8.83 Å². The highest BCUT2D eigenvalue weighted by Gasteiger charge is 2.24. The van der Waals surface area contributed by atoms with Crippen LogP contribution in [0.5, 0.6) is 0 Å². The molecule has 0 aliphatic rings. The van der Waals surface area contributed by atoms with Crippen LogP contribution in [0.4, 0.5) is 0 Å². The normalized spacial score (nSPS) is 11.6. The summed E-state index contributed by atoms with van der Waals surface area (Å²) in [5.41, 5.74) is 6.13. The minimum absolute atomic E-state index is 0.498. The van der Waals surface area contributed by atoms with Crippen molar-refractivity contribution in [1.29, 1.82) is 0 Å². The molecular weight excluding hydrogens is 544 g/mol. The van der Waals surface area contributed by atoms with Crippen LogP contribution in [-0.4, -0.2) is 19.9 Å². The fourth-order valence-corrected chi connectivity index (χ4v) is 5.85. The summed E-state index contributed by atoms with van der Waals surface area (Å²) in [4.78, 5) is 20.1. The van der Waals surface area contributed by atoms with E-state index in [0.717, 1.165) is 49.4 Å². The molecule has 0 fully saturated rings. The van der Waals surface area contributed by atoms with E-state index in [-0.39, 0.29) is 0 Å². The molecule has 0 saturated carbocycles. The van der Waals surface area contributed by atoms with Crippen LogP contribution in [0.25, 0.3) is 89.4 Å². The number of aromatic nitrogens is 4. The van der Waals surface area contributed by atoms with Crippen molar-refractivity contribution in [3.8, 4) is 45.6 Å². The quantitative estimate of drug-likeness (QED) is 0.211. The van der Waals surface area contributed by atoms with Gasteiger partial charge in [-0.25, -0.2) is 19.9 Å². The van der Waals surface area contributed by atoms with Gasteiger partial charge >= 0.3 is 0 Å². The van der Waals surface area contributed by atoms with Crippen LogP contribution in [0.2, 0.25) is 0 Å². The van der Waals surface area contributed by atoms with Crippen LogP contribution in [0.15, 0.2) is 142 Å². The minimum Gasteiger partial charge on any atom is -0.456 e. The number of benzene rings is 6. The molecule has 3 heterocycles. The molecule has 0 saturated heterocycles. The predicted octanol–water partition coefficient (Wildman–Crippen LogP) is 9.73. The van der Waals surface area contributed by atoms with Crippen LogP contribution in [-0.2, 0) is 0 Å². The van der Waals surface area contributed by atoms with Gasteiger partial charge in [-0.1, -0.05) is 109 Å². The monoisotopic (exact) mass is 566 g/mol. The molecule has 6 heteroatoms. The fourth-order valence-electron chi connectivity index (χ4n) is 5.85. The van der Waals surface area contributed by atoms with E-state index < -0.39 is 0 Å². The smallest absolute Gasteiger partial charge is 0.227 e. The molecule has 0 N–H and O–H groups in total. The molecule has 0 bridgehead atoms. The van der Waals surface area contributed by atoms with Crippen LogP contribution in [0.3, 0.4) is 0 Å². The van der Waals surface area contributed by atoms with E-state index in [2.05, 4.69) is 30.3 Å². The predicted molar refractivity (Wildman–Crippen MR) is 174 cm³/mol. The lowest BCUT2D eigenvalue weighted by atomic mass is 10.0. The average Bonchev–Trinajstić information content (AvgIpc) is 3.69. The molecule has 0 aliphatic heterocycles. The summed E-state index contributed by atoms with van der Waals surface area (Å²) < 4.78 is 12.8. The molecule has 3 aromatic heterocycles. The first-order valence-corrected chi connectivity index (χ1v) is 14.4. The van der Waals surface area contributed by atoms with Gasteiger partial charge in [-0.2, -0.15) is 0 Å². The Morgan fingerprint density at radius 3 is 1.80 bits per heavy atom. The summed E-state index contributed by atoms with van der Waals surface area (Å²) in [6, 6.07) is 44.3. The molecule has 0 aliphatic carbocycles. The Labute approximate surface area is 251 Å². The Kier molecular flexibility index (Phi) is 5.40. The number of furan rings is 1. The van der Waals surface area contributed by atoms with Gasteiger partial charge in [0.05, 0.1) is 5.56 Å². The topological polar surface area (TPSA) is 77.8 Å². The minimum atomic E-state index is 0.498. The van der Waals surface area contributed by atoms with Gasteiger partial charge in [0.15, 0.2) is 23.1 Å². The highest BCUT2D eigenvalue weighted by molar-refractivity contribution is 6.18. The molecule has 9 aromatic rings. The number of hydrogen-bond donors (Lipinski definition) is 0. The number of rotatable bonds is 4. The number of hydrogen-bond acceptors (Lipinski definition) is 6. The van der Waals surface area contributed by atoms with Gasteiger partial charge in [-0.3, -0.25) is 0 Å². The fraction of sp³-hybridized carbons (Fsp3) is 0. The van der Waals surface area contributed by atoms with E-state index in [1.165, 1.54) is 0 Å². The van der Waals surface area contributed by atoms with Crippen molar-refractivity contribution < 1.29 is 8.83 Å². The second-order valence-electron chi connectivity index (χ2n) is 10.7. The third-order valence-electron chi connectivity index (χ3n) is 7.94. The first-order chi connectivity index (χ1) is 21.8. The van der Waals surface area contributed by atoms with Gasteiger partial charge in [0.2, 0.25) is 5.89 Å².